The quantitative estimate of drug-likeness (QED) is 0.670. The Labute approximate surface area is 85.0 Å². The molecule has 0 N–H and O–H groups in total. The Morgan fingerprint density at radius 3 is 2.00 bits per heavy atom. The third kappa shape index (κ3) is 4.42. The van der Waals surface area contributed by atoms with E-state index in [0.29, 0.717) is 0 Å². The summed E-state index contributed by atoms with van der Waals surface area (Å²) < 4.78 is 0.744. The van der Waals surface area contributed by atoms with Crippen molar-refractivity contribution in [2.24, 2.45) is 0 Å². The molecule has 0 bridgehead atoms. The van der Waals surface area contributed by atoms with Gasteiger partial charge in [0.05, 0.1) is 0 Å². The SMILES string of the molecule is C=CC[CH](N(C)CC)[Pt]([CH3])([CH3])([CH3])[CH3]. The van der Waals surface area contributed by atoms with Crippen molar-refractivity contribution in [3.05, 3.63) is 12.7 Å². The predicted molar refractivity (Wildman–Crippen MR) is 60.4 cm³/mol. The molecule has 1 unspecified atom stereocenters. The van der Waals surface area contributed by atoms with Gasteiger partial charge in [0.1, 0.15) is 0 Å². The van der Waals surface area contributed by atoms with Crippen molar-refractivity contribution in [2.75, 3.05) is 13.6 Å². The maximum atomic E-state index is 3.86. The van der Waals surface area contributed by atoms with Crippen molar-refractivity contribution >= 4 is 0 Å². The Bertz CT molecular complexity index is 169. The number of rotatable bonds is 5. The molecular weight excluding hydrogens is 341 g/mol. The Hall–Kier alpha value is 0.388. The fourth-order valence-corrected chi connectivity index (χ4v) is 8.29. The van der Waals surface area contributed by atoms with Crippen molar-refractivity contribution < 1.29 is 14.8 Å². The van der Waals surface area contributed by atoms with Crippen LogP contribution in [0, 0.1) is 0 Å². The molecule has 0 aliphatic carbocycles. The Morgan fingerprint density at radius 1 is 1.31 bits per heavy atom. The van der Waals surface area contributed by atoms with E-state index in [1.807, 2.05) is 0 Å². The molecule has 0 heterocycles. The van der Waals surface area contributed by atoms with Gasteiger partial charge < -0.3 is 0 Å². The molecule has 0 aromatic heterocycles. The molecule has 1 atom stereocenters. The Morgan fingerprint density at radius 2 is 1.77 bits per heavy atom. The summed E-state index contributed by atoms with van der Waals surface area (Å²) in [6.07, 6.45) is 3.21. The van der Waals surface area contributed by atoms with Crippen LogP contribution in [0.5, 0.6) is 0 Å². The molecule has 0 aromatic rings. The summed E-state index contributed by atoms with van der Waals surface area (Å²) in [6, 6.07) is 0. The van der Waals surface area contributed by atoms with E-state index in [9.17, 15) is 0 Å². The van der Waals surface area contributed by atoms with E-state index in [0.717, 1.165) is 17.4 Å². The van der Waals surface area contributed by atoms with Gasteiger partial charge in [-0.15, -0.1) is 0 Å². The van der Waals surface area contributed by atoms with E-state index in [2.05, 4.69) is 52.8 Å². The zero-order valence-corrected chi connectivity index (χ0v) is 12.3. The van der Waals surface area contributed by atoms with Crippen LogP contribution in [0.2, 0.25) is 21.3 Å². The van der Waals surface area contributed by atoms with Crippen molar-refractivity contribution in [2.45, 2.75) is 39.0 Å². The molecule has 13 heavy (non-hydrogen) atoms. The Balaban J connectivity index is 4.71. The van der Waals surface area contributed by atoms with Gasteiger partial charge >= 0.3 is 85.0 Å². The first kappa shape index (κ1) is 13.4. The third-order valence-corrected chi connectivity index (χ3v) is 9.73. The van der Waals surface area contributed by atoms with Gasteiger partial charge in [-0.2, -0.15) is 0 Å². The summed E-state index contributed by atoms with van der Waals surface area (Å²) in [5, 5.41) is 9.97. The van der Waals surface area contributed by atoms with Gasteiger partial charge in [0.15, 0.2) is 0 Å². The van der Waals surface area contributed by atoms with E-state index in [1.165, 1.54) is 0 Å². The van der Waals surface area contributed by atoms with E-state index in [1.54, 1.807) is 0 Å². The number of hydrogen-bond acceptors (Lipinski definition) is 1. The van der Waals surface area contributed by atoms with Gasteiger partial charge in [-0.05, 0) is 0 Å². The van der Waals surface area contributed by atoms with Gasteiger partial charge in [0.25, 0.3) is 0 Å². The van der Waals surface area contributed by atoms with Gasteiger partial charge in [-0.1, -0.05) is 0 Å². The first-order valence-electron chi connectivity index (χ1n) is 4.40. The molecule has 0 spiro atoms. The van der Waals surface area contributed by atoms with Gasteiger partial charge in [-0.25, -0.2) is 0 Å². The fraction of sp³-hybridized carbons (Fsp3) is 0.818. The molecule has 2 heteroatoms. The van der Waals surface area contributed by atoms with Gasteiger partial charge in [0.2, 0.25) is 0 Å². The molecule has 0 aliphatic heterocycles. The topological polar surface area (TPSA) is 3.24 Å². The molecule has 0 aliphatic rings. The fourth-order valence-electron chi connectivity index (χ4n) is 1.35. The normalized spacial score (nSPS) is 17.9. The predicted octanol–water partition coefficient (Wildman–Crippen LogP) is 3.72. The summed E-state index contributed by atoms with van der Waals surface area (Å²) in [7, 11) is 2.23. The van der Waals surface area contributed by atoms with Crippen LogP contribution in [0.1, 0.15) is 13.3 Å². The monoisotopic (exact) mass is 367 g/mol. The molecular formula is C11H26NPt. The molecule has 0 saturated heterocycles. The second kappa shape index (κ2) is 4.27. The first-order chi connectivity index (χ1) is 5.69. The van der Waals surface area contributed by atoms with Crippen molar-refractivity contribution in [3.8, 4) is 0 Å². The maximum absolute atomic E-state index is 3.86. The summed E-state index contributed by atoms with van der Waals surface area (Å²) in [4.78, 5) is 2.48. The summed E-state index contributed by atoms with van der Waals surface area (Å²) in [5.41, 5.74) is 0. The van der Waals surface area contributed by atoms with Crippen LogP contribution < -0.4 is 0 Å². The summed E-state index contributed by atoms with van der Waals surface area (Å²) in [5.74, 6) is 0. The second-order valence-electron chi connectivity index (χ2n) is 4.62. The summed E-state index contributed by atoms with van der Waals surface area (Å²) >= 11 is -2.11. The third-order valence-electron chi connectivity index (χ3n) is 2.14. The van der Waals surface area contributed by atoms with Crippen molar-refractivity contribution in [3.63, 3.8) is 0 Å². The van der Waals surface area contributed by atoms with Crippen molar-refractivity contribution in [1.82, 2.24) is 4.90 Å². The summed E-state index contributed by atoms with van der Waals surface area (Å²) in [6.45, 7) is 7.23. The zero-order chi connectivity index (χ0) is 10.7. The van der Waals surface area contributed by atoms with Crippen molar-refractivity contribution in [1.29, 1.82) is 0 Å². The Kier molecular flexibility index (Phi) is 4.40. The molecule has 0 rings (SSSR count). The molecule has 0 radical (unpaired) electrons. The minimum absolute atomic E-state index is 0.744. The van der Waals surface area contributed by atoms with Crippen LogP contribution in [-0.4, -0.2) is 22.9 Å². The molecule has 0 amide bonds. The number of nitrogens with zero attached hydrogens (tertiary/aromatic N) is 1. The van der Waals surface area contributed by atoms with E-state index >= 15 is 0 Å². The standard InChI is InChI=1S/C7H14N.4CH3.Pt/c1-4-6-7-8(3)5-2;;;;;/h4,7H,1,5-6H2,2-3H3;4*1H3;. The van der Waals surface area contributed by atoms with E-state index in [-0.39, 0.29) is 0 Å². The second-order valence-corrected chi connectivity index (χ2v) is 25.0. The molecule has 1 nitrogen and oxygen atoms in total. The number of hydrogen-bond donors (Lipinski definition) is 0. The average Bonchev–Trinajstić information content (AvgIpc) is 1.95. The molecule has 0 saturated carbocycles. The first-order valence-corrected chi connectivity index (χ1v) is 14.8. The molecule has 0 fully saturated rings. The van der Waals surface area contributed by atoms with Crippen LogP contribution in [0.3, 0.4) is 0 Å². The van der Waals surface area contributed by atoms with Crippen LogP contribution in [0.25, 0.3) is 0 Å². The van der Waals surface area contributed by atoms with Crippen LogP contribution >= 0.6 is 0 Å². The van der Waals surface area contributed by atoms with E-state index in [4.69, 9.17) is 0 Å². The van der Waals surface area contributed by atoms with Gasteiger partial charge in [-0.3, -0.25) is 0 Å². The molecule has 85 valence electrons. The molecule has 0 aromatic carbocycles. The van der Waals surface area contributed by atoms with Crippen LogP contribution in [0.4, 0.5) is 0 Å². The van der Waals surface area contributed by atoms with E-state index < -0.39 is 14.8 Å². The minimum atomic E-state index is -2.11. The van der Waals surface area contributed by atoms with Crippen LogP contribution in [-0.2, 0) is 14.8 Å². The zero-order valence-electron chi connectivity index (χ0n) is 10.0. The van der Waals surface area contributed by atoms with Crippen LogP contribution in [0.15, 0.2) is 12.7 Å². The average molecular weight is 367 g/mol. The van der Waals surface area contributed by atoms with Gasteiger partial charge in [0, 0.05) is 0 Å².